The van der Waals surface area contributed by atoms with Gasteiger partial charge in [0.05, 0.1) is 0 Å². The Hall–Kier alpha value is -1.66. The van der Waals surface area contributed by atoms with E-state index in [9.17, 15) is 0 Å². The average molecular weight is 787 g/mol. The van der Waals surface area contributed by atoms with Crippen molar-refractivity contribution in [2.24, 2.45) is 38.9 Å². The van der Waals surface area contributed by atoms with E-state index >= 15 is 0 Å². The van der Waals surface area contributed by atoms with E-state index in [1.165, 1.54) is 59.3 Å². The van der Waals surface area contributed by atoms with Crippen LogP contribution < -0.4 is 24.8 Å². The number of hydrogen-bond donors (Lipinski definition) is 0. The molecule has 0 radical (unpaired) electrons. The second-order valence-corrected chi connectivity index (χ2v) is 18.6. The molecule has 0 saturated heterocycles. The molecule has 3 unspecified atom stereocenters. The van der Waals surface area contributed by atoms with E-state index < -0.39 is 0 Å². The van der Waals surface area contributed by atoms with Gasteiger partial charge >= 0.3 is 70.3 Å². The van der Waals surface area contributed by atoms with Gasteiger partial charge in [-0.25, -0.2) is 12.0 Å². The molecule has 50 heavy (non-hydrogen) atoms. The molecule has 0 aliphatic heterocycles. The van der Waals surface area contributed by atoms with E-state index in [0.717, 1.165) is 12.8 Å². The van der Waals surface area contributed by atoms with Crippen molar-refractivity contribution in [3.8, 4) is 0 Å². The van der Waals surface area contributed by atoms with Crippen molar-refractivity contribution in [1.29, 1.82) is 0 Å². The van der Waals surface area contributed by atoms with Gasteiger partial charge in [-0.3, -0.25) is 6.08 Å². The van der Waals surface area contributed by atoms with E-state index in [-0.39, 0.29) is 46.5 Å². The number of hydrogen-bond acceptors (Lipinski definition) is 0. The van der Waals surface area contributed by atoms with Crippen molar-refractivity contribution in [3.05, 3.63) is 130 Å². The Morgan fingerprint density at radius 2 is 1.52 bits per heavy atom. The van der Waals surface area contributed by atoms with Crippen LogP contribution in [-0.2, 0) is 37.1 Å². The second-order valence-electron chi connectivity index (χ2n) is 17.6. The zero-order valence-electron chi connectivity index (χ0n) is 32.8. The van der Waals surface area contributed by atoms with Crippen LogP contribution in [0.4, 0.5) is 0 Å². The normalized spacial score (nSPS) is 26.0. The van der Waals surface area contributed by atoms with Gasteiger partial charge in [0.25, 0.3) is 0 Å². The van der Waals surface area contributed by atoms with Gasteiger partial charge in [0, 0.05) is 0 Å². The molecule has 0 spiro atoms. The van der Waals surface area contributed by atoms with Crippen LogP contribution in [0.25, 0.3) is 5.57 Å². The Labute approximate surface area is 333 Å². The van der Waals surface area contributed by atoms with Crippen molar-refractivity contribution in [1.82, 2.24) is 0 Å². The van der Waals surface area contributed by atoms with Crippen molar-refractivity contribution in [2.75, 3.05) is 0 Å². The summed E-state index contributed by atoms with van der Waals surface area (Å²) < 4.78 is 2.25. The summed E-state index contributed by atoms with van der Waals surface area (Å²) >= 11 is 1.51. The van der Waals surface area contributed by atoms with Crippen molar-refractivity contribution in [2.45, 2.75) is 109 Å². The molecule has 0 nitrogen and oxygen atoms in total. The molecule has 3 heteroatoms. The van der Waals surface area contributed by atoms with Gasteiger partial charge in [0.1, 0.15) is 0 Å². The minimum absolute atomic E-state index is 0. The first-order chi connectivity index (χ1) is 22.4. The number of halogens is 2. The third kappa shape index (κ3) is 7.16. The summed E-state index contributed by atoms with van der Waals surface area (Å²) in [4.78, 5) is 0. The standard InChI is InChI=1S/C29H37.C10H15.C8H8.2ClH.Zr/c1-18-25-22-17-19-13-9-10-14-20(19)24(22)21-15-11-12-16-23(21)29(25,8)28(6,7)27(4,5)26(18,2)3;1-8-5-6-9(7-8)10(2,3)4;1-2-8-6-4-3-5-7-8;;;/h9-11,13-15,23H,12,16-17H2,1-8H3;6-8H,1-4H3;1,3-7H,2H2;2*1H;/q2*-1;;;;+2/p-2. The predicted molar refractivity (Wildman–Crippen MR) is 205 cm³/mol. The van der Waals surface area contributed by atoms with Gasteiger partial charge in [0.15, 0.2) is 0 Å². The van der Waals surface area contributed by atoms with Crippen LogP contribution in [0.1, 0.15) is 113 Å². The quantitative estimate of drug-likeness (QED) is 0.305. The van der Waals surface area contributed by atoms with Gasteiger partial charge < -0.3 is 24.8 Å². The number of rotatable bonds is 2. The van der Waals surface area contributed by atoms with E-state index in [1.54, 1.807) is 28.2 Å². The monoisotopic (exact) mass is 784 g/mol. The van der Waals surface area contributed by atoms with E-state index in [2.05, 4.69) is 166 Å². The summed E-state index contributed by atoms with van der Waals surface area (Å²) in [6.45, 7) is 29.2. The summed E-state index contributed by atoms with van der Waals surface area (Å²) in [5.74, 6) is 2.76. The van der Waals surface area contributed by atoms with Gasteiger partial charge in [-0.05, 0) is 40.6 Å². The summed E-state index contributed by atoms with van der Waals surface area (Å²) in [5.41, 5.74) is 13.4. The average Bonchev–Trinajstić information content (AvgIpc) is 3.66. The summed E-state index contributed by atoms with van der Waals surface area (Å²) in [7, 11) is 0. The number of benzene rings is 2. The van der Waals surface area contributed by atoms with Gasteiger partial charge in [-0.1, -0.05) is 152 Å². The summed E-state index contributed by atoms with van der Waals surface area (Å²) in [6, 6.07) is 19.7. The van der Waals surface area contributed by atoms with Crippen LogP contribution in [0, 0.1) is 50.9 Å². The number of fused-ring (bicyclic) bond motifs is 6. The Kier molecular flexibility index (Phi) is 13.5. The van der Waals surface area contributed by atoms with Crippen LogP contribution in [-0.4, -0.2) is 3.71 Å². The summed E-state index contributed by atoms with van der Waals surface area (Å²) in [6.07, 6.45) is 17.3. The Morgan fingerprint density at radius 3 is 2.08 bits per heavy atom. The maximum absolute atomic E-state index is 3.26. The Bertz CT molecular complexity index is 1690. The van der Waals surface area contributed by atoms with E-state index in [4.69, 9.17) is 0 Å². The van der Waals surface area contributed by atoms with Crippen LogP contribution >= 0.6 is 0 Å². The molecule has 0 bridgehead atoms. The SMILES string of the molecule is CC1[C-]=CC(C(C)(C)C)=C1.C[C-]1C2=C3Cc4ccccc4C3=C3C=CCCC3C2(C)C(C)(C)C(C)(C)C1(C)C.[Cl-].[Cl-].[Zr+2]=[CH]Cc1ccccc1. The molecule has 0 aromatic heterocycles. The molecule has 2 aromatic rings. The van der Waals surface area contributed by atoms with Crippen LogP contribution in [0.2, 0.25) is 0 Å². The fourth-order valence-corrected chi connectivity index (χ4v) is 9.93. The van der Waals surface area contributed by atoms with Gasteiger partial charge in [0.2, 0.25) is 0 Å². The van der Waals surface area contributed by atoms with Crippen LogP contribution in [0.15, 0.2) is 101 Å². The van der Waals surface area contributed by atoms with E-state index in [0.29, 0.717) is 17.3 Å². The Balaban J connectivity index is 0.000000265. The van der Waals surface area contributed by atoms with Crippen LogP contribution in [0.5, 0.6) is 0 Å². The maximum atomic E-state index is 3.26. The van der Waals surface area contributed by atoms with Gasteiger partial charge in [-0.2, -0.15) is 22.8 Å². The molecular formula is C47H60Cl2Zr-2. The van der Waals surface area contributed by atoms with Gasteiger partial charge in [-0.15, -0.1) is 6.92 Å². The first-order valence-corrected chi connectivity index (χ1v) is 19.7. The topological polar surface area (TPSA) is 0 Å². The molecule has 0 N–H and O–H groups in total. The zero-order valence-corrected chi connectivity index (χ0v) is 36.8. The Morgan fingerprint density at radius 1 is 0.900 bits per heavy atom. The molecule has 0 heterocycles. The third-order valence-electron chi connectivity index (χ3n) is 13.8. The molecular weight excluding hydrogens is 727 g/mol. The van der Waals surface area contributed by atoms with Crippen LogP contribution in [0.3, 0.4) is 0 Å². The third-order valence-corrected chi connectivity index (χ3v) is 14.3. The minimum atomic E-state index is 0. The molecule has 0 amide bonds. The summed E-state index contributed by atoms with van der Waals surface area (Å²) in [5, 5.41) is 0. The molecule has 268 valence electrons. The molecule has 7 rings (SSSR count). The molecule has 1 saturated carbocycles. The predicted octanol–water partition coefficient (Wildman–Crippen LogP) is 6.52. The molecule has 5 aliphatic carbocycles. The van der Waals surface area contributed by atoms with Crippen molar-refractivity contribution >= 4 is 9.28 Å². The molecule has 5 aliphatic rings. The first kappa shape index (κ1) is 42.8. The molecule has 1 fully saturated rings. The second kappa shape index (κ2) is 15.8. The van der Waals surface area contributed by atoms with E-state index in [1.807, 2.05) is 6.07 Å². The van der Waals surface area contributed by atoms with Crippen molar-refractivity contribution in [3.63, 3.8) is 0 Å². The first-order valence-electron chi connectivity index (χ1n) is 18.3. The number of allylic oxidation sites excluding steroid dienone is 10. The molecule has 2 aromatic carbocycles. The molecule has 3 atom stereocenters. The fourth-order valence-electron chi connectivity index (χ4n) is 9.35. The zero-order chi connectivity index (χ0) is 35.3. The van der Waals surface area contributed by atoms with Crippen molar-refractivity contribution < 1.29 is 49.0 Å². The fraction of sp³-hybridized carbons (Fsp3) is 0.489.